The van der Waals surface area contributed by atoms with Gasteiger partial charge in [-0.3, -0.25) is 0 Å². The van der Waals surface area contributed by atoms with E-state index in [2.05, 4.69) is 9.55 Å². The Balaban J connectivity index is 1.97. The number of halogens is 2. The van der Waals surface area contributed by atoms with Crippen molar-refractivity contribution in [2.24, 2.45) is 5.73 Å². The third kappa shape index (κ3) is 2.50. The van der Waals surface area contributed by atoms with Crippen LogP contribution in [0.3, 0.4) is 0 Å². The molecule has 0 radical (unpaired) electrons. The van der Waals surface area contributed by atoms with Gasteiger partial charge >= 0.3 is 0 Å². The first-order valence-electron chi connectivity index (χ1n) is 6.32. The molecule has 0 atom stereocenters. The van der Waals surface area contributed by atoms with Crippen LogP contribution >= 0.6 is 23.2 Å². The quantitative estimate of drug-likeness (QED) is 0.937. The van der Waals surface area contributed by atoms with E-state index in [4.69, 9.17) is 28.9 Å². The Labute approximate surface area is 122 Å². The predicted molar refractivity (Wildman–Crippen MR) is 78.5 cm³/mol. The summed E-state index contributed by atoms with van der Waals surface area (Å²) in [6.45, 7) is 0.769. The van der Waals surface area contributed by atoms with Crippen molar-refractivity contribution in [1.29, 1.82) is 0 Å². The largest absolute Gasteiger partial charge is 0.329 e. The van der Waals surface area contributed by atoms with Gasteiger partial charge in [-0.1, -0.05) is 23.2 Å². The number of aromatic nitrogens is 2. The van der Waals surface area contributed by atoms with Crippen LogP contribution in [0.25, 0.3) is 11.3 Å². The van der Waals surface area contributed by atoms with E-state index in [1.54, 1.807) is 24.7 Å². The molecule has 2 N–H and O–H groups in total. The average Bonchev–Trinajstić information content (AvgIpc) is 2.78. The van der Waals surface area contributed by atoms with E-state index in [0.717, 1.165) is 30.6 Å². The Morgan fingerprint density at radius 2 is 2.11 bits per heavy atom. The zero-order valence-corrected chi connectivity index (χ0v) is 12.0. The molecule has 19 heavy (non-hydrogen) atoms. The molecule has 0 aliphatic heterocycles. The smallest absolute Gasteiger partial charge is 0.0951 e. The van der Waals surface area contributed by atoms with Crippen LogP contribution in [0.5, 0.6) is 0 Å². The van der Waals surface area contributed by atoms with Gasteiger partial charge in [0.2, 0.25) is 0 Å². The average molecular weight is 296 g/mol. The van der Waals surface area contributed by atoms with Crippen LogP contribution in [0, 0.1) is 0 Å². The van der Waals surface area contributed by atoms with Gasteiger partial charge in [-0.15, -0.1) is 0 Å². The molecule has 1 saturated carbocycles. The van der Waals surface area contributed by atoms with Gasteiger partial charge in [0.05, 0.1) is 23.2 Å². The third-order valence-electron chi connectivity index (χ3n) is 3.75. The molecule has 0 bridgehead atoms. The molecule has 1 aromatic carbocycles. The van der Waals surface area contributed by atoms with E-state index in [9.17, 15) is 0 Å². The molecule has 100 valence electrons. The molecule has 0 unspecified atom stereocenters. The van der Waals surface area contributed by atoms with Gasteiger partial charge in [-0.2, -0.15) is 0 Å². The third-order valence-corrected chi connectivity index (χ3v) is 4.32. The molecule has 2 aromatic rings. The number of hydrogen-bond acceptors (Lipinski definition) is 2. The minimum Gasteiger partial charge on any atom is -0.329 e. The Morgan fingerprint density at radius 1 is 1.32 bits per heavy atom. The zero-order chi connectivity index (χ0) is 13.5. The van der Waals surface area contributed by atoms with Gasteiger partial charge in [0.15, 0.2) is 0 Å². The molecule has 1 aromatic heterocycles. The number of nitrogens with zero attached hydrogens (tertiary/aromatic N) is 2. The topological polar surface area (TPSA) is 43.8 Å². The maximum atomic E-state index is 6.30. The Hall–Kier alpha value is -1.03. The van der Waals surface area contributed by atoms with Crippen LogP contribution < -0.4 is 5.73 Å². The van der Waals surface area contributed by atoms with Crippen LogP contribution in [0.2, 0.25) is 10.0 Å². The lowest BCUT2D eigenvalue weighted by molar-refractivity contribution is 0.216. The van der Waals surface area contributed by atoms with E-state index >= 15 is 0 Å². The summed E-state index contributed by atoms with van der Waals surface area (Å²) in [4.78, 5) is 4.22. The summed E-state index contributed by atoms with van der Waals surface area (Å²) in [5, 5.41) is 1.34. The van der Waals surface area contributed by atoms with Crippen molar-refractivity contribution in [2.75, 3.05) is 0 Å². The fourth-order valence-electron chi connectivity index (χ4n) is 2.49. The van der Waals surface area contributed by atoms with Gasteiger partial charge in [0.25, 0.3) is 0 Å². The van der Waals surface area contributed by atoms with Crippen molar-refractivity contribution < 1.29 is 0 Å². The molecule has 1 aliphatic carbocycles. The van der Waals surface area contributed by atoms with Crippen LogP contribution in [0.1, 0.15) is 19.3 Å². The first-order valence-corrected chi connectivity index (χ1v) is 7.07. The normalized spacial score (nSPS) is 17.2. The highest BCUT2D eigenvalue weighted by atomic mass is 35.5. The van der Waals surface area contributed by atoms with Crippen LogP contribution in [-0.2, 0) is 6.54 Å². The van der Waals surface area contributed by atoms with Crippen molar-refractivity contribution in [2.45, 2.75) is 31.3 Å². The highest BCUT2D eigenvalue weighted by molar-refractivity contribution is 6.35. The van der Waals surface area contributed by atoms with Crippen molar-refractivity contribution in [3.63, 3.8) is 0 Å². The molecule has 3 rings (SSSR count). The lowest BCUT2D eigenvalue weighted by Gasteiger charge is -2.38. The molecule has 0 spiro atoms. The Morgan fingerprint density at radius 3 is 2.79 bits per heavy atom. The first kappa shape index (κ1) is 13.0. The summed E-state index contributed by atoms with van der Waals surface area (Å²) < 4.78 is 2.07. The molecular weight excluding hydrogens is 281 g/mol. The standard InChI is InChI=1S/C14H15Cl2N3/c15-10-2-3-12(16)11(6-10)13-7-18-9-19(13)8-14(17)4-1-5-14/h2-3,6-7,9H,1,4-5,8,17H2. The highest BCUT2D eigenvalue weighted by Gasteiger charge is 2.33. The molecular formula is C14H15Cl2N3. The minimum absolute atomic E-state index is 0.0967. The first-order chi connectivity index (χ1) is 9.07. The summed E-state index contributed by atoms with van der Waals surface area (Å²) in [7, 11) is 0. The monoisotopic (exact) mass is 295 g/mol. The summed E-state index contributed by atoms with van der Waals surface area (Å²) in [5.74, 6) is 0. The van der Waals surface area contributed by atoms with Crippen molar-refractivity contribution in [3.8, 4) is 11.3 Å². The number of imidazole rings is 1. The van der Waals surface area contributed by atoms with Crippen molar-refractivity contribution in [3.05, 3.63) is 40.8 Å². The van der Waals surface area contributed by atoms with Gasteiger partial charge < -0.3 is 10.3 Å². The highest BCUT2D eigenvalue weighted by Crippen LogP contribution is 2.34. The molecule has 0 saturated heterocycles. The van der Waals surface area contributed by atoms with Gasteiger partial charge in [-0.05, 0) is 37.5 Å². The van der Waals surface area contributed by atoms with E-state index in [1.807, 2.05) is 6.07 Å². The second kappa shape index (κ2) is 4.82. The second-order valence-corrected chi connectivity index (χ2v) is 6.09. The lowest BCUT2D eigenvalue weighted by atomic mass is 9.77. The van der Waals surface area contributed by atoms with Crippen molar-refractivity contribution in [1.82, 2.24) is 9.55 Å². The van der Waals surface area contributed by atoms with Crippen LogP contribution in [-0.4, -0.2) is 15.1 Å². The maximum absolute atomic E-state index is 6.30. The molecule has 0 amide bonds. The maximum Gasteiger partial charge on any atom is 0.0951 e. The van der Waals surface area contributed by atoms with Gasteiger partial charge in [0, 0.05) is 22.7 Å². The van der Waals surface area contributed by atoms with E-state index in [-0.39, 0.29) is 5.54 Å². The van der Waals surface area contributed by atoms with Gasteiger partial charge in [0.1, 0.15) is 0 Å². The predicted octanol–water partition coefficient (Wildman–Crippen LogP) is 3.74. The van der Waals surface area contributed by atoms with E-state index < -0.39 is 0 Å². The van der Waals surface area contributed by atoms with Crippen LogP contribution in [0.4, 0.5) is 0 Å². The Bertz CT molecular complexity index is 602. The van der Waals surface area contributed by atoms with Gasteiger partial charge in [-0.25, -0.2) is 4.98 Å². The molecule has 1 fully saturated rings. The molecule has 3 nitrogen and oxygen atoms in total. The number of hydrogen-bond donors (Lipinski definition) is 1. The zero-order valence-electron chi connectivity index (χ0n) is 10.4. The summed E-state index contributed by atoms with van der Waals surface area (Å²) >= 11 is 12.3. The summed E-state index contributed by atoms with van der Waals surface area (Å²) in [6.07, 6.45) is 6.94. The minimum atomic E-state index is -0.0967. The van der Waals surface area contributed by atoms with Crippen molar-refractivity contribution >= 4 is 23.2 Å². The molecule has 1 heterocycles. The SMILES string of the molecule is NC1(Cn2cncc2-c2cc(Cl)ccc2Cl)CCC1. The van der Waals surface area contributed by atoms with E-state index in [1.165, 1.54) is 6.42 Å². The Kier molecular flexibility index (Phi) is 3.29. The number of rotatable bonds is 3. The number of benzene rings is 1. The molecule has 5 heteroatoms. The van der Waals surface area contributed by atoms with Crippen LogP contribution in [0.15, 0.2) is 30.7 Å². The number of nitrogens with two attached hydrogens (primary N) is 1. The van der Waals surface area contributed by atoms with E-state index in [0.29, 0.717) is 10.0 Å². The second-order valence-electron chi connectivity index (χ2n) is 5.25. The summed E-state index contributed by atoms with van der Waals surface area (Å²) in [5.41, 5.74) is 8.06. The molecule has 1 aliphatic rings. The summed E-state index contributed by atoms with van der Waals surface area (Å²) in [6, 6.07) is 5.45. The lowest BCUT2D eigenvalue weighted by Crippen LogP contribution is -2.49. The fourth-order valence-corrected chi connectivity index (χ4v) is 2.88. The fraction of sp³-hybridized carbons (Fsp3) is 0.357.